The number of imidazole rings is 1. The number of fused-ring (bicyclic) bond motifs is 1. The van der Waals surface area contributed by atoms with Gasteiger partial charge in [-0.25, -0.2) is 15.0 Å². The molecule has 0 fully saturated rings. The maximum absolute atomic E-state index is 4.05. The van der Waals surface area contributed by atoms with E-state index in [0.29, 0.717) is 0 Å². The normalized spacial score (nSPS) is 9.42. The molecule has 2 aromatic rings. The van der Waals surface area contributed by atoms with Crippen LogP contribution in [0.4, 0.5) is 5.82 Å². The summed E-state index contributed by atoms with van der Waals surface area (Å²) in [4.78, 5) is 14.9. The molecule has 2 heterocycles. The van der Waals surface area contributed by atoms with Gasteiger partial charge in [0.2, 0.25) is 0 Å². The van der Waals surface area contributed by atoms with Crippen LogP contribution in [0.2, 0.25) is 0 Å². The number of anilines is 1. The van der Waals surface area contributed by atoms with Crippen LogP contribution in [0.3, 0.4) is 0 Å². The first-order chi connectivity index (χ1) is 5.42. The zero-order valence-electron chi connectivity index (χ0n) is 6.00. The van der Waals surface area contributed by atoms with Crippen LogP contribution in [0.1, 0.15) is 0 Å². The predicted octanol–water partition coefficient (Wildman–Crippen LogP) is -0.254. The minimum absolute atomic E-state index is 0. The predicted molar refractivity (Wildman–Crippen MR) is 48.4 cm³/mol. The van der Waals surface area contributed by atoms with E-state index in [9.17, 15) is 0 Å². The molecule has 58 valence electrons. The molecule has 2 aromatic heterocycles. The van der Waals surface area contributed by atoms with E-state index >= 15 is 0 Å². The molecule has 2 N–H and O–H groups in total. The van der Waals surface area contributed by atoms with Gasteiger partial charge in [-0.3, -0.25) is 0 Å². The Morgan fingerprint density at radius 2 is 2.17 bits per heavy atom. The maximum atomic E-state index is 4.05. The third kappa shape index (κ3) is 1.43. The number of aromatic nitrogens is 4. The van der Waals surface area contributed by atoms with Gasteiger partial charge in [-0.2, -0.15) is 0 Å². The van der Waals surface area contributed by atoms with Crippen LogP contribution >= 0.6 is 0 Å². The van der Waals surface area contributed by atoms with Gasteiger partial charge in [-0.05, 0) is 0 Å². The monoisotopic (exact) mass is 173 g/mol. The molecule has 0 aromatic carbocycles. The van der Waals surface area contributed by atoms with E-state index in [1.54, 1.807) is 13.4 Å². The van der Waals surface area contributed by atoms with Crippen molar-refractivity contribution >= 4 is 46.5 Å². The van der Waals surface area contributed by atoms with Crippen LogP contribution in [0.25, 0.3) is 11.2 Å². The molecule has 0 unspecified atom stereocenters. The summed E-state index contributed by atoms with van der Waals surface area (Å²) in [6, 6.07) is 0. The molecule has 0 radical (unpaired) electrons. The van der Waals surface area contributed by atoms with E-state index in [-0.39, 0.29) is 29.6 Å². The number of H-pyrrole nitrogens is 1. The molecule has 12 heavy (non-hydrogen) atoms. The van der Waals surface area contributed by atoms with Crippen molar-refractivity contribution in [2.24, 2.45) is 0 Å². The molecular weight excluding hydrogens is 165 g/mol. The van der Waals surface area contributed by atoms with Crippen LogP contribution < -0.4 is 5.32 Å². The van der Waals surface area contributed by atoms with Gasteiger partial charge in [0.15, 0.2) is 11.5 Å². The van der Waals surface area contributed by atoms with Crippen molar-refractivity contribution in [1.29, 1.82) is 0 Å². The summed E-state index contributed by atoms with van der Waals surface area (Å²) in [7, 11) is 1.80. The van der Waals surface area contributed by atoms with E-state index < -0.39 is 0 Å². The van der Waals surface area contributed by atoms with E-state index in [0.717, 1.165) is 17.0 Å². The van der Waals surface area contributed by atoms with Crippen LogP contribution in [0, 0.1) is 0 Å². The fourth-order valence-corrected chi connectivity index (χ4v) is 0.948. The van der Waals surface area contributed by atoms with Gasteiger partial charge in [0.25, 0.3) is 0 Å². The molecule has 0 aliphatic heterocycles. The zero-order chi connectivity index (χ0) is 7.68. The van der Waals surface area contributed by atoms with E-state index in [1.165, 1.54) is 6.33 Å². The van der Waals surface area contributed by atoms with Crippen LogP contribution in [0.15, 0.2) is 12.7 Å². The average molecular weight is 173 g/mol. The summed E-state index contributed by atoms with van der Waals surface area (Å²) in [5.41, 5.74) is 1.53. The van der Waals surface area contributed by atoms with Crippen molar-refractivity contribution in [2.45, 2.75) is 0 Å². The second-order valence-electron chi connectivity index (χ2n) is 2.07. The van der Waals surface area contributed by atoms with Gasteiger partial charge in [-0.15, -0.1) is 0 Å². The number of hydrogen-bond donors (Lipinski definition) is 2. The molecule has 0 aliphatic carbocycles. The van der Waals surface area contributed by atoms with Crippen LogP contribution in [-0.4, -0.2) is 56.5 Å². The van der Waals surface area contributed by atoms with Gasteiger partial charge in [0, 0.05) is 7.05 Å². The molecule has 6 heteroatoms. The summed E-state index contributed by atoms with van der Waals surface area (Å²) < 4.78 is 0. The SMILES string of the molecule is CNc1ncnc2[nH]cnc12.[NaH]. The number of nitrogens with one attached hydrogen (secondary N) is 2. The molecule has 5 nitrogen and oxygen atoms in total. The first-order valence-corrected chi connectivity index (χ1v) is 3.23. The van der Waals surface area contributed by atoms with Gasteiger partial charge in [0.05, 0.1) is 6.33 Å². The Morgan fingerprint density at radius 3 is 2.92 bits per heavy atom. The average Bonchev–Trinajstić information content (AvgIpc) is 2.50. The first-order valence-electron chi connectivity index (χ1n) is 3.23. The second kappa shape index (κ2) is 3.84. The Kier molecular flexibility index (Phi) is 3.02. The Bertz CT molecular complexity index is 371. The third-order valence-corrected chi connectivity index (χ3v) is 1.45. The van der Waals surface area contributed by atoms with E-state index in [4.69, 9.17) is 0 Å². The Hall–Kier alpha value is -0.650. The summed E-state index contributed by atoms with van der Waals surface area (Å²) in [6.45, 7) is 0. The molecule has 0 saturated carbocycles. The Morgan fingerprint density at radius 1 is 1.33 bits per heavy atom. The Labute approximate surface area is 91.3 Å². The third-order valence-electron chi connectivity index (χ3n) is 1.45. The fraction of sp³-hybridized carbons (Fsp3) is 0.167. The number of hydrogen-bond acceptors (Lipinski definition) is 4. The first kappa shape index (κ1) is 9.44. The van der Waals surface area contributed by atoms with Gasteiger partial charge in [-0.1, -0.05) is 0 Å². The topological polar surface area (TPSA) is 66.5 Å². The Balaban J connectivity index is 0.000000720. The number of rotatable bonds is 1. The molecule has 2 rings (SSSR count). The van der Waals surface area contributed by atoms with Crippen molar-refractivity contribution in [2.75, 3.05) is 12.4 Å². The quantitative estimate of drug-likeness (QED) is 0.583. The molecule has 0 spiro atoms. The fourth-order valence-electron chi connectivity index (χ4n) is 0.948. The molecule has 0 saturated heterocycles. The van der Waals surface area contributed by atoms with E-state index in [2.05, 4.69) is 25.3 Å². The van der Waals surface area contributed by atoms with Crippen molar-refractivity contribution in [3.05, 3.63) is 12.7 Å². The summed E-state index contributed by atoms with van der Waals surface area (Å²) in [5, 5.41) is 2.92. The molecule has 0 amide bonds. The molecule has 0 atom stereocenters. The van der Waals surface area contributed by atoms with Crippen LogP contribution in [-0.2, 0) is 0 Å². The summed E-state index contributed by atoms with van der Waals surface area (Å²) >= 11 is 0. The van der Waals surface area contributed by atoms with Crippen molar-refractivity contribution in [3.63, 3.8) is 0 Å². The van der Waals surface area contributed by atoms with E-state index in [1.807, 2.05) is 0 Å². The van der Waals surface area contributed by atoms with Gasteiger partial charge in [0.1, 0.15) is 11.8 Å². The van der Waals surface area contributed by atoms with Crippen molar-refractivity contribution < 1.29 is 0 Å². The second-order valence-corrected chi connectivity index (χ2v) is 2.07. The van der Waals surface area contributed by atoms with Gasteiger partial charge >= 0.3 is 29.6 Å². The van der Waals surface area contributed by atoms with Crippen LogP contribution in [0.5, 0.6) is 0 Å². The molecule has 0 aliphatic rings. The number of nitrogens with zero attached hydrogens (tertiary/aromatic N) is 3. The summed E-state index contributed by atoms with van der Waals surface area (Å²) in [6.07, 6.45) is 3.09. The number of aromatic amines is 1. The standard InChI is InChI=1S/C6H7N5.Na.H/c1-7-5-4-6(10-2-8-4)11-3-9-5;;/h2-3H,1H3,(H2,7,8,9,10,11);;. The summed E-state index contributed by atoms with van der Waals surface area (Å²) in [5.74, 6) is 0.747. The minimum atomic E-state index is 0. The van der Waals surface area contributed by atoms with Crippen molar-refractivity contribution in [3.8, 4) is 0 Å². The van der Waals surface area contributed by atoms with Gasteiger partial charge < -0.3 is 10.3 Å². The van der Waals surface area contributed by atoms with Crippen molar-refractivity contribution in [1.82, 2.24) is 19.9 Å². The molecule has 0 bridgehead atoms. The molecular formula is C6H8N5Na. The zero-order valence-corrected chi connectivity index (χ0v) is 6.00.